The van der Waals surface area contributed by atoms with Gasteiger partial charge >= 0.3 is 0 Å². The number of fused-ring (bicyclic) bond motifs is 1. The van der Waals surface area contributed by atoms with Gasteiger partial charge in [-0.3, -0.25) is 4.79 Å². The zero-order chi connectivity index (χ0) is 15.4. The van der Waals surface area contributed by atoms with Crippen LogP contribution in [-0.2, 0) is 17.8 Å². The lowest BCUT2D eigenvalue weighted by Gasteiger charge is -2.29. The summed E-state index contributed by atoms with van der Waals surface area (Å²) >= 11 is 0. The number of hydrogen-bond donors (Lipinski definition) is 2. The zero-order valence-electron chi connectivity index (χ0n) is 12.5. The molecule has 0 bridgehead atoms. The molecule has 0 aliphatic carbocycles. The summed E-state index contributed by atoms with van der Waals surface area (Å²) in [5.74, 6) is 0.857. The van der Waals surface area contributed by atoms with Crippen LogP contribution < -0.4 is 16.0 Å². The van der Waals surface area contributed by atoms with Crippen molar-refractivity contribution in [3.63, 3.8) is 0 Å². The lowest BCUT2D eigenvalue weighted by molar-refractivity contribution is -0.116. The van der Waals surface area contributed by atoms with Gasteiger partial charge in [-0.25, -0.2) is 4.98 Å². The summed E-state index contributed by atoms with van der Waals surface area (Å²) in [6, 6.07) is 12.4. The SMILES string of the molecule is NCCC(=O)Nc1ccc(N2CCc3ccccc3C2)nc1. The van der Waals surface area contributed by atoms with Gasteiger partial charge in [0, 0.05) is 26.1 Å². The summed E-state index contributed by atoms with van der Waals surface area (Å²) in [4.78, 5) is 18.2. The summed E-state index contributed by atoms with van der Waals surface area (Å²) in [7, 11) is 0. The van der Waals surface area contributed by atoms with Crippen LogP contribution in [0.1, 0.15) is 17.5 Å². The van der Waals surface area contributed by atoms with Crippen LogP contribution in [0.25, 0.3) is 0 Å². The van der Waals surface area contributed by atoms with E-state index >= 15 is 0 Å². The lowest BCUT2D eigenvalue weighted by Crippen LogP contribution is -2.30. The van der Waals surface area contributed by atoms with Gasteiger partial charge in [-0.05, 0) is 29.7 Å². The molecule has 1 aromatic heterocycles. The van der Waals surface area contributed by atoms with Crippen molar-refractivity contribution >= 4 is 17.4 Å². The molecule has 0 saturated heterocycles. The first-order chi connectivity index (χ1) is 10.8. The lowest BCUT2D eigenvalue weighted by atomic mass is 10.00. The topological polar surface area (TPSA) is 71.2 Å². The van der Waals surface area contributed by atoms with Gasteiger partial charge in [0.2, 0.25) is 5.91 Å². The van der Waals surface area contributed by atoms with Gasteiger partial charge in [-0.1, -0.05) is 24.3 Å². The largest absolute Gasteiger partial charge is 0.352 e. The highest BCUT2D eigenvalue weighted by Crippen LogP contribution is 2.23. The maximum Gasteiger partial charge on any atom is 0.225 e. The third kappa shape index (κ3) is 3.26. The van der Waals surface area contributed by atoms with Crippen molar-refractivity contribution < 1.29 is 4.79 Å². The second-order valence-corrected chi connectivity index (χ2v) is 5.43. The van der Waals surface area contributed by atoms with E-state index < -0.39 is 0 Å². The summed E-state index contributed by atoms with van der Waals surface area (Å²) in [6.45, 7) is 2.19. The molecule has 0 radical (unpaired) electrons. The highest BCUT2D eigenvalue weighted by Gasteiger charge is 2.16. The number of anilines is 2. The van der Waals surface area contributed by atoms with Crippen LogP contribution in [0.2, 0.25) is 0 Å². The molecule has 5 heteroatoms. The van der Waals surface area contributed by atoms with Crippen LogP contribution in [0.15, 0.2) is 42.6 Å². The van der Waals surface area contributed by atoms with E-state index in [1.807, 2.05) is 12.1 Å². The van der Waals surface area contributed by atoms with E-state index in [1.54, 1.807) is 6.20 Å². The zero-order valence-corrected chi connectivity index (χ0v) is 12.5. The number of aromatic nitrogens is 1. The first-order valence-corrected chi connectivity index (χ1v) is 7.54. The van der Waals surface area contributed by atoms with Crippen LogP contribution >= 0.6 is 0 Å². The summed E-state index contributed by atoms with van der Waals surface area (Å²) in [5, 5.41) is 2.79. The van der Waals surface area contributed by atoms with Crippen molar-refractivity contribution in [2.24, 2.45) is 5.73 Å². The second-order valence-electron chi connectivity index (χ2n) is 5.43. The Morgan fingerprint density at radius 3 is 2.77 bits per heavy atom. The first kappa shape index (κ1) is 14.5. The predicted molar refractivity (Wildman–Crippen MR) is 87.7 cm³/mol. The Kier molecular flexibility index (Phi) is 4.34. The molecule has 1 aliphatic rings. The minimum atomic E-state index is -0.0797. The average molecular weight is 296 g/mol. The Morgan fingerprint density at radius 2 is 2.05 bits per heavy atom. The summed E-state index contributed by atoms with van der Waals surface area (Å²) in [6.07, 6.45) is 3.06. The molecule has 0 unspecified atom stereocenters. The fourth-order valence-electron chi connectivity index (χ4n) is 2.69. The highest BCUT2D eigenvalue weighted by atomic mass is 16.1. The predicted octanol–water partition coefficient (Wildman–Crippen LogP) is 1.93. The van der Waals surface area contributed by atoms with Gasteiger partial charge in [0.15, 0.2) is 0 Å². The molecule has 0 fully saturated rings. The molecular formula is C17H20N4O. The van der Waals surface area contributed by atoms with Crippen LogP contribution in [0.3, 0.4) is 0 Å². The number of nitrogens with one attached hydrogen (secondary N) is 1. The van der Waals surface area contributed by atoms with Gasteiger partial charge in [0.1, 0.15) is 5.82 Å². The minimum Gasteiger partial charge on any atom is -0.352 e. The fourth-order valence-corrected chi connectivity index (χ4v) is 2.69. The standard InChI is InChI=1S/C17H20N4O/c18-9-7-17(22)20-15-5-6-16(19-11-15)21-10-8-13-3-1-2-4-14(13)12-21/h1-6,11H,7-10,12,18H2,(H,20,22). The normalized spacial score (nSPS) is 13.6. The van der Waals surface area contributed by atoms with Crippen molar-refractivity contribution in [3.8, 4) is 0 Å². The highest BCUT2D eigenvalue weighted by molar-refractivity contribution is 5.90. The maximum absolute atomic E-state index is 11.5. The van der Waals surface area contributed by atoms with Crippen LogP contribution in [0.4, 0.5) is 11.5 Å². The van der Waals surface area contributed by atoms with Gasteiger partial charge in [0.05, 0.1) is 11.9 Å². The third-order valence-corrected chi connectivity index (χ3v) is 3.86. The number of amides is 1. The molecule has 22 heavy (non-hydrogen) atoms. The molecule has 1 aromatic carbocycles. The number of benzene rings is 1. The molecule has 0 saturated carbocycles. The smallest absolute Gasteiger partial charge is 0.225 e. The Bertz CT molecular complexity index is 654. The molecule has 0 spiro atoms. The number of carbonyl (C=O) groups is 1. The minimum absolute atomic E-state index is 0.0797. The van der Waals surface area contributed by atoms with Gasteiger partial charge in [0.25, 0.3) is 0 Å². The van der Waals surface area contributed by atoms with Crippen LogP contribution in [0.5, 0.6) is 0 Å². The average Bonchev–Trinajstić information content (AvgIpc) is 2.55. The first-order valence-electron chi connectivity index (χ1n) is 7.54. The van der Waals surface area contributed by atoms with E-state index in [4.69, 9.17) is 5.73 Å². The van der Waals surface area contributed by atoms with Crippen LogP contribution in [-0.4, -0.2) is 24.0 Å². The summed E-state index contributed by atoms with van der Waals surface area (Å²) in [5.41, 5.74) is 8.85. The van der Waals surface area contributed by atoms with Crippen molar-refractivity contribution in [3.05, 3.63) is 53.7 Å². The number of carbonyl (C=O) groups excluding carboxylic acids is 1. The van der Waals surface area contributed by atoms with E-state index in [0.717, 1.165) is 25.3 Å². The molecule has 0 atom stereocenters. The second kappa shape index (κ2) is 6.58. The Balaban J connectivity index is 1.68. The van der Waals surface area contributed by atoms with Gasteiger partial charge in [-0.15, -0.1) is 0 Å². The molecule has 2 aromatic rings. The van der Waals surface area contributed by atoms with E-state index in [1.165, 1.54) is 11.1 Å². The number of nitrogens with zero attached hydrogens (tertiary/aromatic N) is 2. The number of rotatable bonds is 4. The van der Waals surface area contributed by atoms with E-state index in [0.29, 0.717) is 18.7 Å². The molecule has 2 heterocycles. The van der Waals surface area contributed by atoms with Crippen molar-refractivity contribution in [1.82, 2.24) is 4.98 Å². The fraction of sp³-hybridized carbons (Fsp3) is 0.294. The van der Waals surface area contributed by atoms with E-state index in [2.05, 4.69) is 39.5 Å². The molecule has 3 N–H and O–H groups in total. The van der Waals surface area contributed by atoms with Gasteiger partial charge in [-0.2, -0.15) is 0 Å². The molecular weight excluding hydrogens is 276 g/mol. The van der Waals surface area contributed by atoms with Gasteiger partial charge < -0.3 is 16.0 Å². The monoisotopic (exact) mass is 296 g/mol. The maximum atomic E-state index is 11.5. The Hall–Kier alpha value is -2.40. The molecule has 1 amide bonds. The summed E-state index contributed by atoms with van der Waals surface area (Å²) < 4.78 is 0. The van der Waals surface area contributed by atoms with E-state index in [9.17, 15) is 4.79 Å². The van der Waals surface area contributed by atoms with Crippen molar-refractivity contribution in [2.75, 3.05) is 23.3 Å². The van der Waals surface area contributed by atoms with Crippen LogP contribution in [0, 0.1) is 0 Å². The third-order valence-electron chi connectivity index (χ3n) is 3.86. The molecule has 5 nitrogen and oxygen atoms in total. The Labute approximate surface area is 130 Å². The molecule has 114 valence electrons. The molecule has 1 aliphatic heterocycles. The quantitative estimate of drug-likeness (QED) is 0.904. The van der Waals surface area contributed by atoms with Crippen molar-refractivity contribution in [1.29, 1.82) is 0 Å². The number of pyridine rings is 1. The van der Waals surface area contributed by atoms with E-state index in [-0.39, 0.29) is 5.91 Å². The Morgan fingerprint density at radius 1 is 1.23 bits per heavy atom. The number of nitrogens with two attached hydrogens (primary N) is 1. The van der Waals surface area contributed by atoms with Crippen molar-refractivity contribution in [2.45, 2.75) is 19.4 Å². The molecule has 3 rings (SSSR count). The number of hydrogen-bond acceptors (Lipinski definition) is 4.